The molecular weight excluding hydrogens is 364 g/mol. The lowest BCUT2D eigenvalue weighted by Crippen LogP contribution is -2.08. The van der Waals surface area contributed by atoms with E-state index in [-0.39, 0.29) is 12.4 Å². The Labute approximate surface area is 161 Å². The zero-order chi connectivity index (χ0) is 19.6. The Balaban J connectivity index is 1.69. The van der Waals surface area contributed by atoms with Crippen molar-refractivity contribution < 1.29 is 19.1 Å². The van der Waals surface area contributed by atoms with Crippen molar-refractivity contribution in [3.8, 4) is 16.3 Å². The number of hydrogen-bond acceptors (Lipinski definition) is 6. The average Bonchev–Trinajstić information content (AvgIpc) is 3.24. The molecule has 7 heteroatoms. The van der Waals surface area contributed by atoms with Crippen LogP contribution in [0.15, 0.2) is 29.6 Å². The van der Waals surface area contributed by atoms with Gasteiger partial charge in [0.05, 0.1) is 12.8 Å². The molecule has 0 bridgehead atoms. The number of aromatic amines is 1. The fourth-order valence-corrected chi connectivity index (χ4v) is 3.74. The topological polar surface area (TPSA) is 81.3 Å². The van der Waals surface area contributed by atoms with Crippen LogP contribution in [0.3, 0.4) is 0 Å². The van der Waals surface area contributed by atoms with Gasteiger partial charge in [-0.2, -0.15) is 0 Å². The number of nitrogens with zero attached hydrogens (tertiary/aromatic N) is 1. The van der Waals surface area contributed by atoms with E-state index in [4.69, 9.17) is 9.47 Å². The van der Waals surface area contributed by atoms with Crippen LogP contribution in [0, 0.1) is 13.8 Å². The van der Waals surface area contributed by atoms with Gasteiger partial charge >= 0.3 is 5.97 Å². The molecule has 0 aliphatic carbocycles. The van der Waals surface area contributed by atoms with Crippen molar-refractivity contribution in [1.29, 1.82) is 0 Å². The molecule has 0 saturated heterocycles. The van der Waals surface area contributed by atoms with Gasteiger partial charge in [-0.15, -0.1) is 11.3 Å². The van der Waals surface area contributed by atoms with Crippen molar-refractivity contribution in [2.45, 2.75) is 27.4 Å². The number of aryl methyl sites for hydroxylation is 1. The number of methoxy groups -OCH3 is 1. The molecule has 0 unspecified atom stereocenters. The predicted molar refractivity (Wildman–Crippen MR) is 103 cm³/mol. The summed E-state index contributed by atoms with van der Waals surface area (Å²) >= 11 is 1.48. The number of Topliss-reactive ketones (excluding diaryl/α,β-unsaturated/α-hetero) is 1. The number of benzene rings is 1. The number of ether oxygens (including phenoxy) is 2. The standard InChI is InChI=1S/C20H20N2O4S/c1-11-17(13(3)23)12(2)21-18(11)20(24)26-9-15-10-27-19(22-15)14-5-7-16(25-4)8-6-14/h5-8,10,21H,9H2,1-4H3. The molecule has 1 N–H and O–H groups in total. The Morgan fingerprint density at radius 3 is 2.48 bits per heavy atom. The first-order valence-electron chi connectivity index (χ1n) is 8.36. The molecule has 0 atom stereocenters. The molecule has 2 heterocycles. The molecule has 0 aliphatic heterocycles. The molecule has 1 aromatic carbocycles. The minimum atomic E-state index is -0.498. The van der Waals surface area contributed by atoms with Gasteiger partial charge in [0, 0.05) is 22.2 Å². The Hall–Kier alpha value is -2.93. The van der Waals surface area contributed by atoms with Crippen LogP contribution in [0.2, 0.25) is 0 Å². The second-order valence-corrected chi connectivity index (χ2v) is 6.99. The number of carbonyl (C=O) groups is 2. The minimum Gasteiger partial charge on any atom is -0.497 e. The molecule has 6 nitrogen and oxygen atoms in total. The largest absolute Gasteiger partial charge is 0.497 e. The van der Waals surface area contributed by atoms with Crippen LogP contribution >= 0.6 is 11.3 Å². The average molecular weight is 384 g/mol. The molecule has 0 saturated carbocycles. The first-order valence-corrected chi connectivity index (χ1v) is 9.24. The van der Waals surface area contributed by atoms with E-state index in [0.29, 0.717) is 28.2 Å². The van der Waals surface area contributed by atoms with E-state index < -0.39 is 5.97 Å². The molecule has 0 amide bonds. The number of thiazole rings is 1. The van der Waals surface area contributed by atoms with Gasteiger partial charge in [-0.1, -0.05) is 0 Å². The zero-order valence-corrected chi connectivity index (χ0v) is 16.4. The van der Waals surface area contributed by atoms with Crippen LogP contribution in [0.4, 0.5) is 0 Å². The second kappa shape index (κ2) is 7.75. The van der Waals surface area contributed by atoms with Crippen molar-refractivity contribution in [2.24, 2.45) is 0 Å². The number of ketones is 1. The highest BCUT2D eigenvalue weighted by molar-refractivity contribution is 7.13. The molecule has 140 valence electrons. The quantitative estimate of drug-likeness (QED) is 0.505. The molecule has 27 heavy (non-hydrogen) atoms. The highest BCUT2D eigenvalue weighted by Gasteiger charge is 2.21. The third-order valence-corrected chi connectivity index (χ3v) is 5.17. The van der Waals surface area contributed by atoms with Crippen molar-refractivity contribution in [3.05, 3.63) is 57.9 Å². The highest BCUT2D eigenvalue weighted by Crippen LogP contribution is 2.26. The maximum Gasteiger partial charge on any atom is 0.355 e. The van der Waals surface area contributed by atoms with Gasteiger partial charge < -0.3 is 14.5 Å². The van der Waals surface area contributed by atoms with Gasteiger partial charge in [-0.05, 0) is 50.6 Å². The van der Waals surface area contributed by atoms with Crippen molar-refractivity contribution in [3.63, 3.8) is 0 Å². The smallest absolute Gasteiger partial charge is 0.355 e. The zero-order valence-electron chi connectivity index (χ0n) is 15.6. The maximum absolute atomic E-state index is 12.4. The minimum absolute atomic E-state index is 0.0679. The van der Waals surface area contributed by atoms with E-state index in [2.05, 4.69) is 9.97 Å². The number of hydrogen-bond donors (Lipinski definition) is 1. The third-order valence-electron chi connectivity index (χ3n) is 4.23. The van der Waals surface area contributed by atoms with Crippen molar-refractivity contribution in [2.75, 3.05) is 7.11 Å². The van der Waals surface area contributed by atoms with Gasteiger partial charge in [0.2, 0.25) is 0 Å². The van der Waals surface area contributed by atoms with E-state index in [9.17, 15) is 9.59 Å². The van der Waals surface area contributed by atoms with E-state index in [1.54, 1.807) is 21.0 Å². The van der Waals surface area contributed by atoms with Gasteiger partial charge in [0.15, 0.2) is 5.78 Å². The Bertz CT molecular complexity index is 986. The molecule has 2 aromatic heterocycles. The van der Waals surface area contributed by atoms with E-state index in [1.165, 1.54) is 18.3 Å². The van der Waals surface area contributed by atoms with Crippen molar-refractivity contribution >= 4 is 23.1 Å². The van der Waals surface area contributed by atoms with Gasteiger partial charge in [-0.3, -0.25) is 4.79 Å². The normalized spacial score (nSPS) is 10.7. The summed E-state index contributed by atoms with van der Waals surface area (Å²) in [5.41, 5.74) is 3.78. The Kier molecular flexibility index (Phi) is 5.41. The summed E-state index contributed by atoms with van der Waals surface area (Å²) in [6, 6.07) is 7.61. The Morgan fingerprint density at radius 2 is 1.89 bits per heavy atom. The summed E-state index contributed by atoms with van der Waals surface area (Å²) in [6.45, 7) is 5.05. The first-order chi connectivity index (χ1) is 12.9. The van der Waals surface area contributed by atoms with E-state index in [0.717, 1.165) is 16.3 Å². The molecule has 0 spiro atoms. The predicted octanol–water partition coefficient (Wildman–Crippen LogP) is 4.32. The number of rotatable bonds is 6. The molecular formula is C20H20N2O4S. The summed E-state index contributed by atoms with van der Waals surface area (Å²) in [5, 5.41) is 2.70. The number of carbonyl (C=O) groups excluding carboxylic acids is 2. The molecule has 0 radical (unpaired) electrons. The summed E-state index contributed by atoms with van der Waals surface area (Å²) < 4.78 is 10.5. The lowest BCUT2D eigenvalue weighted by molar-refractivity contribution is 0.0461. The molecule has 3 aromatic rings. The van der Waals surface area contributed by atoms with Gasteiger partial charge in [0.1, 0.15) is 23.1 Å². The SMILES string of the molecule is COc1ccc(-c2nc(COC(=O)c3[nH]c(C)c(C(C)=O)c3C)cs2)cc1. The second-order valence-electron chi connectivity index (χ2n) is 6.13. The highest BCUT2D eigenvalue weighted by atomic mass is 32.1. The van der Waals surface area contributed by atoms with Crippen molar-refractivity contribution in [1.82, 2.24) is 9.97 Å². The van der Waals surface area contributed by atoms with Crippen LogP contribution in [-0.2, 0) is 11.3 Å². The number of H-pyrrole nitrogens is 1. The number of aromatic nitrogens is 2. The molecule has 3 rings (SSSR count). The van der Waals surface area contributed by atoms with Crippen LogP contribution < -0.4 is 4.74 Å². The first kappa shape index (κ1) is 18.8. The summed E-state index contributed by atoms with van der Waals surface area (Å²) in [7, 11) is 1.62. The third kappa shape index (κ3) is 3.93. The lowest BCUT2D eigenvalue weighted by Gasteiger charge is -2.03. The number of esters is 1. The molecule has 0 fully saturated rings. The Morgan fingerprint density at radius 1 is 1.19 bits per heavy atom. The summed E-state index contributed by atoms with van der Waals surface area (Å²) in [6.07, 6.45) is 0. The van der Waals surface area contributed by atoms with Crippen LogP contribution in [0.25, 0.3) is 10.6 Å². The number of nitrogens with one attached hydrogen (secondary N) is 1. The lowest BCUT2D eigenvalue weighted by atomic mass is 10.1. The van der Waals surface area contributed by atoms with E-state index in [1.807, 2.05) is 29.6 Å². The summed E-state index contributed by atoms with van der Waals surface area (Å²) in [5.74, 6) is 0.206. The van der Waals surface area contributed by atoms with E-state index >= 15 is 0 Å². The van der Waals surface area contributed by atoms with Gasteiger partial charge in [0.25, 0.3) is 0 Å². The van der Waals surface area contributed by atoms with Crippen LogP contribution in [0.5, 0.6) is 5.75 Å². The van der Waals surface area contributed by atoms with Crippen LogP contribution in [0.1, 0.15) is 44.7 Å². The fraction of sp³-hybridized carbons (Fsp3) is 0.250. The van der Waals surface area contributed by atoms with Gasteiger partial charge in [-0.25, -0.2) is 9.78 Å². The maximum atomic E-state index is 12.4. The van der Waals surface area contributed by atoms with Crippen LogP contribution in [-0.4, -0.2) is 28.8 Å². The monoisotopic (exact) mass is 384 g/mol. The summed E-state index contributed by atoms with van der Waals surface area (Å²) in [4.78, 5) is 31.5. The fourth-order valence-electron chi connectivity index (χ4n) is 2.93. The molecule has 0 aliphatic rings.